The second-order valence-electron chi connectivity index (χ2n) is 7.62. The highest BCUT2D eigenvalue weighted by Gasteiger charge is 2.30. The maximum absolute atomic E-state index is 13.3. The molecule has 0 bridgehead atoms. The van der Waals surface area contributed by atoms with Gasteiger partial charge < -0.3 is 19.6 Å². The number of halogens is 1. The smallest absolute Gasteiger partial charge is 0.257 e. The van der Waals surface area contributed by atoms with Crippen molar-refractivity contribution in [1.29, 1.82) is 0 Å². The Kier molecular flexibility index (Phi) is 7.18. The van der Waals surface area contributed by atoms with Crippen molar-refractivity contribution in [3.63, 3.8) is 0 Å². The molecule has 2 aliphatic heterocycles. The molecule has 0 unspecified atom stereocenters. The molecule has 3 rings (SSSR count). The Bertz CT molecular complexity index is 702. The number of aliphatic hydroxyl groups is 1. The molecule has 1 aromatic rings. The van der Waals surface area contributed by atoms with Crippen molar-refractivity contribution in [3.8, 4) is 5.75 Å². The normalized spacial score (nSPS) is 20.9. The molecule has 28 heavy (non-hydrogen) atoms. The van der Waals surface area contributed by atoms with Crippen LogP contribution in [-0.4, -0.2) is 65.1 Å². The Morgan fingerprint density at radius 2 is 1.93 bits per heavy atom. The highest BCUT2D eigenvalue weighted by Crippen LogP contribution is 2.30. The first kappa shape index (κ1) is 20.9. The first-order valence-electron chi connectivity index (χ1n) is 10.1. The summed E-state index contributed by atoms with van der Waals surface area (Å²) >= 11 is 6.18. The Morgan fingerprint density at radius 3 is 2.61 bits per heavy atom. The summed E-state index contributed by atoms with van der Waals surface area (Å²) in [4.78, 5) is 28.5. The second-order valence-corrected chi connectivity index (χ2v) is 8.06. The van der Waals surface area contributed by atoms with Gasteiger partial charge in [-0.05, 0) is 43.9 Å². The highest BCUT2D eigenvalue weighted by atomic mass is 35.5. The predicted molar refractivity (Wildman–Crippen MR) is 108 cm³/mol. The number of likely N-dealkylation sites (tertiary alicyclic amines) is 2. The number of amides is 2. The molecular weight excluding hydrogens is 380 g/mol. The van der Waals surface area contributed by atoms with Crippen molar-refractivity contribution >= 4 is 23.4 Å². The number of ether oxygens (including phenoxy) is 1. The van der Waals surface area contributed by atoms with Crippen molar-refractivity contribution in [2.75, 3.05) is 26.2 Å². The van der Waals surface area contributed by atoms with Crippen LogP contribution in [0, 0.1) is 0 Å². The van der Waals surface area contributed by atoms with E-state index in [-0.39, 0.29) is 30.6 Å². The van der Waals surface area contributed by atoms with Gasteiger partial charge in [-0.15, -0.1) is 0 Å². The fourth-order valence-corrected chi connectivity index (χ4v) is 4.28. The molecule has 1 N–H and O–H groups in total. The van der Waals surface area contributed by atoms with Crippen molar-refractivity contribution in [2.24, 2.45) is 0 Å². The van der Waals surface area contributed by atoms with E-state index in [1.807, 2.05) is 9.80 Å². The number of hydrogen-bond acceptors (Lipinski definition) is 4. The zero-order valence-corrected chi connectivity index (χ0v) is 17.2. The number of nitrogens with zero attached hydrogens (tertiary/aromatic N) is 2. The lowest BCUT2D eigenvalue weighted by atomic mass is 9.98. The molecule has 0 aromatic heterocycles. The molecule has 154 valence electrons. The zero-order valence-electron chi connectivity index (χ0n) is 16.4. The standard InChI is InChI=1S/C21H29ClN2O4/c1-15(26)23-11-7-18(8-12-23)28-20-6-5-16(22)14-19(20)21(27)24-10-3-2-4-17(24)9-13-25/h5-6,14,17-18,25H,2-4,7-13H2,1H3/t17-/m1/s1. The molecule has 2 aliphatic rings. The van der Waals surface area contributed by atoms with E-state index >= 15 is 0 Å². The largest absolute Gasteiger partial charge is 0.489 e. The lowest BCUT2D eigenvalue weighted by Crippen LogP contribution is -2.44. The first-order chi connectivity index (χ1) is 13.5. The predicted octanol–water partition coefficient (Wildman–Crippen LogP) is 3.11. The van der Waals surface area contributed by atoms with Gasteiger partial charge in [0.2, 0.25) is 5.91 Å². The molecule has 2 heterocycles. The number of benzene rings is 1. The monoisotopic (exact) mass is 408 g/mol. The molecule has 6 nitrogen and oxygen atoms in total. The minimum Gasteiger partial charge on any atom is -0.489 e. The molecule has 0 aliphatic carbocycles. The summed E-state index contributed by atoms with van der Waals surface area (Å²) in [6.45, 7) is 3.68. The van der Waals surface area contributed by atoms with Gasteiger partial charge in [-0.25, -0.2) is 0 Å². The van der Waals surface area contributed by atoms with E-state index in [4.69, 9.17) is 16.3 Å². The van der Waals surface area contributed by atoms with Gasteiger partial charge in [0.05, 0.1) is 5.56 Å². The average Bonchev–Trinajstić information content (AvgIpc) is 2.70. The number of hydrogen-bond donors (Lipinski definition) is 1. The second kappa shape index (κ2) is 9.61. The van der Waals surface area contributed by atoms with Crippen LogP contribution in [0.5, 0.6) is 5.75 Å². The third-order valence-corrected chi connectivity index (χ3v) is 5.94. The topological polar surface area (TPSA) is 70.1 Å². The van der Waals surface area contributed by atoms with Gasteiger partial charge in [0, 0.05) is 57.1 Å². The summed E-state index contributed by atoms with van der Waals surface area (Å²) in [5.74, 6) is 0.543. The first-order valence-corrected chi connectivity index (χ1v) is 10.5. The fraction of sp³-hybridized carbons (Fsp3) is 0.619. The third-order valence-electron chi connectivity index (χ3n) is 5.70. The summed E-state index contributed by atoms with van der Waals surface area (Å²) < 4.78 is 6.18. The van der Waals surface area contributed by atoms with Crippen molar-refractivity contribution in [3.05, 3.63) is 28.8 Å². The molecule has 2 fully saturated rings. The molecule has 2 saturated heterocycles. The Morgan fingerprint density at radius 1 is 1.18 bits per heavy atom. The molecular formula is C21H29ClN2O4. The van der Waals surface area contributed by atoms with E-state index in [2.05, 4.69) is 0 Å². The Balaban J connectivity index is 1.75. The van der Waals surface area contributed by atoms with Gasteiger partial charge in [0.15, 0.2) is 0 Å². The van der Waals surface area contributed by atoms with Crippen LogP contribution in [0.4, 0.5) is 0 Å². The molecule has 0 spiro atoms. The number of carbonyl (C=O) groups is 2. The average molecular weight is 409 g/mol. The number of piperidine rings is 2. The van der Waals surface area contributed by atoms with Crippen LogP contribution < -0.4 is 4.74 Å². The van der Waals surface area contributed by atoms with Crippen LogP contribution >= 0.6 is 11.6 Å². The van der Waals surface area contributed by atoms with E-state index in [0.717, 1.165) is 32.1 Å². The van der Waals surface area contributed by atoms with Gasteiger partial charge in [-0.3, -0.25) is 9.59 Å². The van der Waals surface area contributed by atoms with E-state index in [1.54, 1.807) is 25.1 Å². The quantitative estimate of drug-likeness (QED) is 0.812. The van der Waals surface area contributed by atoms with Crippen LogP contribution in [0.2, 0.25) is 5.02 Å². The van der Waals surface area contributed by atoms with Crippen molar-refractivity contribution in [2.45, 2.75) is 57.6 Å². The van der Waals surface area contributed by atoms with Gasteiger partial charge in [-0.1, -0.05) is 11.6 Å². The molecule has 1 atom stereocenters. The minimum absolute atomic E-state index is 0.0297. The van der Waals surface area contributed by atoms with E-state index < -0.39 is 0 Å². The van der Waals surface area contributed by atoms with Crippen LogP contribution in [0.3, 0.4) is 0 Å². The summed E-state index contributed by atoms with van der Waals surface area (Å²) in [7, 11) is 0. The van der Waals surface area contributed by atoms with Crippen molar-refractivity contribution < 1.29 is 19.4 Å². The van der Waals surface area contributed by atoms with Crippen LogP contribution in [-0.2, 0) is 4.79 Å². The van der Waals surface area contributed by atoms with Gasteiger partial charge in [0.1, 0.15) is 11.9 Å². The number of rotatable bonds is 5. The van der Waals surface area contributed by atoms with Crippen LogP contribution in [0.15, 0.2) is 18.2 Å². The lowest BCUT2D eigenvalue weighted by Gasteiger charge is -2.36. The third kappa shape index (κ3) is 4.97. The maximum Gasteiger partial charge on any atom is 0.257 e. The van der Waals surface area contributed by atoms with Gasteiger partial charge in [0.25, 0.3) is 5.91 Å². The highest BCUT2D eigenvalue weighted by molar-refractivity contribution is 6.31. The SMILES string of the molecule is CC(=O)N1CCC(Oc2ccc(Cl)cc2C(=O)N2CCCC[C@@H]2CCO)CC1. The fourth-order valence-electron chi connectivity index (χ4n) is 4.11. The summed E-state index contributed by atoms with van der Waals surface area (Å²) in [6, 6.07) is 5.23. The van der Waals surface area contributed by atoms with Gasteiger partial charge >= 0.3 is 0 Å². The summed E-state index contributed by atoms with van der Waals surface area (Å²) in [5.41, 5.74) is 0.478. The van der Waals surface area contributed by atoms with Crippen molar-refractivity contribution in [1.82, 2.24) is 9.80 Å². The molecule has 0 saturated carbocycles. The summed E-state index contributed by atoms with van der Waals surface area (Å²) in [6.07, 6.45) is 4.99. The minimum atomic E-state index is -0.0863. The lowest BCUT2D eigenvalue weighted by molar-refractivity contribution is -0.130. The van der Waals surface area contributed by atoms with Gasteiger partial charge in [-0.2, -0.15) is 0 Å². The Hall–Kier alpha value is -1.79. The molecule has 2 amide bonds. The summed E-state index contributed by atoms with van der Waals surface area (Å²) in [5, 5.41) is 9.85. The number of carbonyl (C=O) groups excluding carboxylic acids is 2. The van der Waals surface area contributed by atoms with E-state index in [1.165, 1.54) is 0 Å². The van der Waals surface area contributed by atoms with Crippen LogP contribution in [0.1, 0.15) is 55.8 Å². The van der Waals surface area contributed by atoms with Crippen LogP contribution in [0.25, 0.3) is 0 Å². The molecule has 7 heteroatoms. The molecule has 0 radical (unpaired) electrons. The Labute approximate surface area is 171 Å². The van der Waals surface area contributed by atoms with E-state index in [0.29, 0.717) is 42.4 Å². The molecule has 1 aromatic carbocycles. The maximum atomic E-state index is 13.3. The zero-order chi connectivity index (χ0) is 20.1. The number of aliphatic hydroxyl groups excluding tert-OH is 1. The van der Waals surface area contributed by atoms with E-state index in [9.17, 15) is 14.7 Å².